The summed E-state index contributed by atoms with van der Waals surface area (Å²) >= 11 is 0. The van der Waals surface area contributed by atoms with E-state index >= 15 is 0 Å². The van der Waals surface area contributed by atoms with Gasteiger partial charge in [-0.15, -0.1) is 0 Å². The Morgan fingerprint density at radius 3 is 2.38 bits per heavy atom. The van der Waals surface area contributed by atoms with Crippen LogP contribution in [0.5, 0.6) is 0 Å². The highest BCUT2D eigenvalue weighted by Crippen LogP contribution is 2.16. The van der Waals surface area contributed by atoms with E-state index in [1.54, 1.807) is 19.1 Å². The Morgan fingerprint density at radius 2 is 1.79 bits per heavy atom. The number of carbonyl (C=O) groups is 2. The molecule has 1 aliphatic heterocycles. The van der Waals surface area contributed by atoms with Crippen molar-refractivity contribution < 1.29 is 14.0 Å². The second-order valence-electron chi connectivity index (χ2n) is 6.47. The number of aryl methyl sites for hydroxylation is 1. The summed E-state index contributed by atoms with van der Waals surface area (Å²) < 4.78 is 13.6. The van der Waals surface area contributed by atoms with E-state index in [-0.39, 0.29) is 29.6 Å². The van der Waals surface area contributed by atoms with Gasteiger partial charge in [0, 0.05) is 32.1 Å². The maximum absolute atomic E-state index is 13.6. The maximum atomic E-state index is 13.6. The fourth-order valence-corrected chi connectivity index (χ4v) is 3.02. The molecule has 0 unspecified atom stereocenters. The largest absolute Gasteiger partial charge is 0.368 e. The molecule has 1 fully saturated rings. The number of carbonyl (C=O) groups excluding carboxylic acids is 2. The lowest BCUT2D eigenvalue weighted by atomic mass is 9.99. The lowest BCUT2D eigenvalue weighted by Gasteiger charge is -2.38. The molecule has 2 atom stereocenters. The van der Waals surface area contributed by atoms with Gasteiger partial charge in [-0.05, 0) is 31.4 Å². The van der Waals surface area contributed by atoms with Crippen molar-refractivity contribution in [2.75, 3.05) is 26.2 Å². The van der Waals surface area contributed by atoms with Gasteiger partial charge in [0.15, 0.2) is 0 Å². The van der Waals surface area contributed by atoms with Crippen LogP contribution in [0.1, 0.15) is 25.8 Å². The molecule has 2 N–H and O–H groups in total. The van der Waals surface area contributed by atoms with E-state index in [2.05, 4.69) is 0 Å². The maximum Gasteiger partial charge on any atom is 0.234 e. The van der Waals surface area contributed by atoms with E-state index in [1.807, 2.05) is 22.8 Å². The number of primary amides is 1. The van der Waals surface area contributed by atoms with Crippen LogP contribution in [0.3, 0.4) is 0 Å². The van der Waals surface area contributed by atoms with Crippen molar-refractivity contribution in [3.63, 3.8) is 0 Å². The van der Waals surface area contributed by atoms with Crippen molar-refractivity contribution >= 4 is 11.8 Å². The first-order valence-corrected chi connectivity index (χ1v) is 8.45. The van der Waals surface area contributed by atoms with Crippen molar-refractivity contribution in [1.82, 2.24) is 9.80 Å². The van der Waals surface area contributed by atoms with Crippen LogP contribution in [-0.2, 0) is 16.0 Å². The molecule has 0 spiro atoms. The van der Waals surface area contributed by atoms with E-state index in [0.29, 0.717) is 44.6 Å². The minimum atomic E-state index is -0.340. The number of benzene rings is 1. The topological polar surface area (TPSA) is 66.6 Å². The standard InChI is InChI=1S/C18H26FN3O2/c1-13(7-8-15-5-3-4-6-16(15)19)18(24)22-11-9-21(10-12-22)14(2)17(20)23/h3-6,13-14H,7-12H2,1-2H3,(H2,20,23)/t13-,14-/m1/s1. The van der Waals surface area contributed by atoms with Gasteiger partial charge >= 0.3 is 0 Å². The predicted octanol–water partition coefficient (Wildman–Crippen LogP) is 1.41. The van der Waals surface area contributed by atoms with Gasteiger partial charge in [-0.2, -0.15) is 0 Å². The van der Waals surface area contributed by atoms with Crippen LogP contribution in [0.2, 0.25) is 0 Å². The Kier molecular flexibility index (Phi) is 6.31. The molecule has 1 heterocycles. The number of hydrogen-bond acceptors (Lipinski definition) is 3. The van der Waals surface area contributed by atoms with Crippen LogP contribution in [0, 0.1) is 11.7 Å². The summed E-state index contributed by atoms with van der Waals surface area (Å²) in [7, 11) is 0. The highest BCUT2D eigenvalue weighted by molar-refractivity contribution is 5.80. The van der Waals surface area contributed by atoms with Crippen molar-refractivity contribution in [1.29, 1.82) is 0 Å². The number of amides is 2. The van der Waals surface area contributed by atoms with Gasteiger partial charge in [0.05, 0.1) is 6.04 Å². The second kappa shape index (κ2) is 8.24. The van der Waals surface area contributed by atoms with Crippen LogP contribution in [0.15, 0.2) is 24.3 Å². The monoisotopic (exact) mass is 335 g/mol. The molecular formula is C18H26FN3O2. The van der Waals surface area contributed by atoms with Gasteiger partial charge in [0.2, 0.25) is 11.8 Å². The first-order valence-electron chi connectivity index (χ1n) is 8.45. The molecule has 2 rings (SSSR count). The highest BCUT2D eigenvalue weighted by atomic mass is 19.1. The Hall–Kier alpha value is -1.95. The molecule has 1 aromatic rings. The average molecular weight is 335 g/mol. The second-order valence-corrected chi connectivity index (χ2v) is 6.47. The van der Waals surface area contributed by atoms with E-state index < -0.39 is 0 Å². The fraction of sp³-hybridized carbons (Fsp3) is 0.556. The third kappa shape index (κ3) is 4.54. The van der Waals surface area contributed by atoms with Gasteiger partial charge in [-0.25, -0.2) is 4.39 Å². The van der Waals surface area contributed by atoms with Crippen molar-refractivity contribution in [3.05, 3.63) is 35.6 Å². The Balaban J connectivity index is 1.82. The van der Waals surface area contributed by atoms with Crippen LogP contribution < -0.4 is 5.73 Å². The smallest absolute Gasteiger partial charge is 0.234 e. The Bertz CT molecular complexity index is 585. The summed E-state index contributed by atoms with van der Waals surface area (Å²) in [4.78, 5) is 27.6. The van der Waals surface area contributed by atoms with Crippen molar-refractivity contribution in [2.24, 2.45) is 11.7 Å². The highest BCUT2D eigenvalue weighted by Gasteiger charge is 2.28. The first-order chi connectivity index (χ1) is 11.4. The normalized spacial score (nSPS) is 18.2. The number of nitrogens with zero attached hydrogens (tertiary/aromatic N) is 2. The van der Waals surface area contributed by atoms with Gasteiger partial charge in [-0.3, -0.25) is 14.5 Å². The van der Waals surface area contributed by atoms with E-state index in [9.17, 15) is 14.0 Å². The molecule has 132 valence electrons. The molecule has 0 radical (unpaired) electrons. The summed E-state index contributed by atoms with van der Waals surface area (Å²) in [6, 6.07) is 6.38. The van der Waals surface area contributed by atoms with E-state index in [4.69, 9.17) is 5.73 Å². The average Bonchev–Trinajstić information content (AvgIpc) is 2.59. The van der Waals surface area contributed by atoms with Gasteiger partial charge in [0.1, 0.15) is 5.82 Å². The van der Waals surface area contributed by atoms with Crippen molar-refractivity contribution in [2.45, 2.75) is 32.7 Å². The zero-order chi connectivity index (χ0) is 17.7. The molecular weight excluding hydrogens is 309 g/mol. The molecule has 5 nitrogen and oxygen atoms in total. The van der Waals surface area contributed by atoms with Crippen LogP contribution in [-0.4, -0.2) is 53.8 Å². The molecule has 0 aromatic heterocycles. The van der Waals surface area contributed by atoms with Crippen LogP contribution >= 0.6 is 0 Å². The molecule has 1 saturated heterocycles. The molecule has 0 bridgehead atoms. The number of hydrogen-bond donors (Lipinski definition) is 1. The minimum absolute atomic E-state index is 0.0951. The zero-order valence-corrected chi connectivity index (χ0v) is 14.4. The SMILES string of the molecule is C[C@H](CCc1ccccc1F)C(=O)N1CCN([C@H](C)C(N)=O)CC1. The quantitative estimate of drug-likeness (QED) is 0.855. The lowest BCUT2D eigenvalue weighted by molar-refractivity contribution is -0.137. The van der Waals surface area contributed by atoms with Crippen LogP contribution in [0.4, 0.5) is 4.39 Å². The van der Waals surface area contributed by atoms with Gasteiger partial charge in [0.25, 0.3) is 0 Å². The number of nitrogens with two attached hydrogens (primary N) is 1. The molecule has 24 heavy (non-hydrogen) atoms. The summed E-state index contributed by atoms with van der Waals surface area (Å²) in [5.74, 6) is -0.610. The lowest BCUT2D eigenvalue weighted by Crippen LogP contribution is -2.55. The van der Waals surface area contributed by atoms with E-state index in [1.165, 1.54) is 6.07 Å². The fourth-order valence-electron chi connectivity index (χ4n) is 3.02. The molecule has 6 heteroatoms. The number of piperazine rings is 1. The summed E-state index contributed by atoms with van der Waals surface area (Å²) in [5.41, 5.74) is 5.97. The molecule has 2 amide bonds. The molecule has 0 saturated carbocycles. The number of rotatable bonds is 6. The Labute approximate surface area is 142 Å². The zero-order valence-electron chi connectivity index (χ0n) is 14.4. The third-order valence-corrected chi connectivity index (χ3v) is 4.81. The summed E-state index contributed by atoms with van der Waals surface area (Å²) in [5, 5.41) is 0. The molecule has 0 aliphatic carbocycles. The van der Waals surface area contributed by atoms with Crippen LogP contribution in [0.25, 0.3) is 0 Å². The van der Waals surface area contributed by atoms with Gasteiger partial charge < -0.3 is 10.6 Å². The summed E-state index contributed by atoms with van der Waals surface area (Å²) in [6.45, 7) is 6.17. The molecule has 1 aromatic carbocycles. The predicted molar refractivity (Wildman–Crippen MR) is 90.7 cm³/mol. The van der Waals surface area contributed by atoms with E-state index in [0.717, 1.165) is 0 Å². The number of halogens is 1. The molecule has 1 aliphatic rings. The Morgan fingerprint density at radius 1 is 1.17 bits per heavy atom. The first kappa shape index (κ1) is 18.4. The third-order valence-electron chi connectivity index (χ3n) is 4.81. The summed E-state index contributed by atoms with van der Waals surface area (Å²) in [6.07, 6.45) is 1.18. The van der Waals surface area contributed by atoms with Crippen molar-refractivity contribution in [3.8, 4) is 0 Å². The van der Waals surface area contributed by atoms with Gasteiger partial charge in [-0.1, -0.05) is 25.1 Å². The minimum Gasteiger partial charge on any atom is -0.368 e.